The molecule has 0 heterocycles. The summed E-state index contributed by atoms with van der Waals surface area (Å²) < 4.78 is 18.1. The van der Waals surface area contributed by atoms with Crippen LogP contribution in [0.3, 0.4) is 0 Å². The molecule has 2 aromatic rings. The van der Waals surface area contributed by atoms with E-state index in [1.54, 1.807) is 19.2 Å². The maximum Gasteiger partial charge on any atom is 0.123 e. The molecule has 1 N–H and O–H groups in total. The molecule has 19 heavy (non-hydrogen) atoms. The Morgan fingerprint density at radius 1 is 1.16 bits per heavy atom. The van der Waals surface area contributed by atoms with Crippen molar-refractivity contribution in [3.8, 4) is 5.75 Å². The van der Waals surface area contributed by atoms with Crippen LogP contribution in [-0.2, 0) is 6.42 Å². The molecule has 0 bridgehead atoms. The third kappa shape index (κ3) is 3.32. The zero-order valence-corrected chi connectivity index (χ0v) is 11.1. The van der Waals surface area contributed by atoms with Gasteiger partial charge in [0.25, 0.3) is 0 Å². The van der Waals surface area contributed by atoms with Crippen LogP contribution in [0.25, 0.3) is 0 Å². The Hall–Kier alpha value is -1.87. The van der Waals surface area contributed by atoms with E-state index in [2.05, 4.69) is 0 Å². The van der Waals surface area contributed by atoms with E-state index in [1.165, 1.54) is 12.1 Å². The second kappa shape index (κ2) is 5.85. The molecule has 100 valence electrons. The largest absolute Gasteiger partial charge is 0.496 e. The first kappa shape index (κ1) is 13.6. The highest BCUT2D eigenvalue weighted by Gasteiger charge is 2.12. The molecule has 0 aliphatic carbocycles. The van der Waals surface area contributed by atoms with Crippen molar-refractivity contribution in [1.29, 1.82) is 0 Å². The Balaban J connectivity index is 2.20. The Morgan fingerprint density at radius 2 is 1.84 bits per heavy atom. The molecule has 1 unspecified atom stereocenters. The molecule has 0 fully saturated rings. The molecule has 0 spiro atoms. The number of rotatable bonds is 4. The molecular weight excluding hydrogens is 243 g/mol. The normalized spacial score (nSPS) is 12.2. The van der Waals surface area contributed by atoms with Gasteiger partial charge in [-0.3, -0.25) is 0 Å². The summed E-state index contributed by atoms with van der Waals surface area (Å²) in [6.45, 7) is 1.99. The van der Waals surface area contributed by atoms with E-state index in [1.807, 2.05) is 25.1 Å². The monoisotopic (exact) mass is 260 g/mol. The van der Waals surface area contributed by atoms with Gasteiger partial charge >= 0.3 is 0 Å². The lowest BCUT2D eigenvalue weighted by molar-refractivity contribution is 0.177. The van der Waals surface area contributed by atoms with Crippen molar-refractivity contribution in [2.24, 2.45) is 0 Å². The van der Waals surface area contributed by atoms with Crippen molar-refractivity contribution in [3.63, 3.8) is 0 Å². The van der Waals surface area contributed by atoms with Crippen molar-refractivity contribution < 1.29 is 14.2 Å². The molecule has 0 saturated carbocycles. The molecule has 0 aromatic heterocycles. The number of halogens is 1. The van der Waals surface area contributed by atoms with Gasteiger partial charge in [-0.15, -0.1) is 0 Å². The first-order valence-electron chi connectivity index (χ1n) is 6.17. The van der Waals surface area contributed by atoms with E-state index in [-0.39, 0.29) is 5.82 Å². The average Bonchev–Trinajstić information content (AvgIpc) is 2.39. The summed E-state index contributed by atoms with van der Waals surface area (Å²) in [4.78, 5) is 0. The van der Waals surface area contributed by atoms with Gasteiger partial charge < -0.3 is 9.84 Å². The number of aliphatic hydroxyl groups excluding tert-OH is 1. The van der Waals surface area contributed by atoms with Crippen molar-refractivity contribution >= 4 is 0 Å². The van der Waals surface area contributed by atoms with E-state index in [4.69, 9.17) is 4.74 Å². The third-order valence-electron chi connectivity index (χ3n) is 3.10. The fourth-order valence-corrected chi connectivity index (χ4v) is 2.08. The van der Waals surface area contributed by atoms with Crippen LogP contribution in [0, 0.1) is 12.7 Å². The quantitative estimate of drug-likeness (QED) is 0.912. The predicted octanol–water partition coefficient (Wildman–Crippen LogP) is 3.42. The molecule has 2 aromatic carbocycles. The van der Waals surface area contributed by atoms with Crippen molar-refractivity contribution in [2.75, 3.05) is 7.11 Å². The Bertz CT molecular complexity index is 549. The van der Waals surface area contributed by atoms with E-state index in [0.717, 1.165) is 16.9 Å². The molecule has 3 heteroatoms. The average molecular weight is 260 g/mol. The minimum absolute atomic E-state index is 0.302. The maximum absolute atomic E-state index is 12.8. The molecule has 0 radical (unpaired) electrons. The van der Waals surface area contributed by atoms with Gasteiger partial charge in [-0.05, 0) is 36.2 Å². The van der Waals surface area contributed by atoms with Crippen LogP contribution < -0.4 is 4.74 Å². The van der Waals surface area contributed by atoms with Crippen LogP contribution in [0.2, 0.25) is 0 Å². The molecule has 0 amide bonds. The van der Waals surface area contributed by atoms with Gasteiger partial charge in [0.2, 0.25) is 0 Å². The van der Waals surface area contributed by atoms with Crippen LogP contribution in [0.1, 0.15) is 22.8 Å². The first-order chi connectivity index (χ1) is 9.10. The van der Waals surface area contributed by atoms with Gasteiger partial charge in [0, 0.05) is 6.42 Å². The summed E-state index contributed by atoms with van der Waals surface area (Å²) in [6.07, 6.45) is -0.229. The molecule has 1 atom stereocenters. The number of hydrogen-bond acceptors (Lipinski definition) is 2. The zero-order chi connectivity index (χ0) is 13.8. The summed E-state index contributed by atoms with van der Waals surface area (Å²) in [5.74, 6) is 0.454. The second-order valence-corrected chi connectivity index (χ2v) is 4.59. The summed E-state index contributed by atoms with van der Waals surface area (Å²) in [6, 6.07) is 11.8. The summed E-state index contributed by atoms with van der Waals surface area (Å²) in [5.41, 5.74) is 2.76. The van der Waals surface area contributed by atoms with Gasteiger partial charge in [-0.25, -0.2) is 4.39 Å². The lowest BCUT2D eigenvalue weighted by atomic mass is 9.99. The Morgan fingerprint density at radius 3 is 2.47 bits per heavy atom. The lowest BCUT2D eigenvalue weighted by Crippen LogP contribution is -2.03. The molecule has 2 rings (SSSR count). The van der Waals surface area contributed by atoms with E-state index >= 15 is 0 Å². The lowest BCUT2D eigenvalue weighted by Gasteiger charge is -2.14. The summed E-state index contributed by atoms with van der Waals surface area (Å²) >= 11 is 0. The highest BCUT2D eigenvalue weighted by Crippen LogP contribution is 2.26. The Kier molecular flexibility index (Phi) is 4.17. The molecule has 0 aliphatic rings. The van der Waals surface area contributed by atoms with E-state index < -0.39 is 6.10 Å². The predicted molar refractivity (Wildman–Crippen MR) is 72.8 cm³/mol. The van der Waals surface area contributed by atoms with Gasteiger partial charge in [0.15, 0.2) is 0 Å². The third-order valence-corrected chi connectivity index (χ3v) is 3.10. The number of aliphatic hydroxyl groups is 1. The number of methoxy groups -OCH3 is 1. The van der Waals surface area contributed by atoms with Crippen molar-refractivity contribution in [3.05, 3.63) is 65.0 Å². The maximum atomic E-state index is 12.8. The highest BCUT2D eigenvalue weighted by molar-refractivity contribution is 5.38. The molecule has 2 nitrogen and oxygen atoms in total. The molecular formula is C16H17FO2. The van der Waals surface area contributed by atoms with E-state index in [9.17, 15) is 9.50 Å². The van der Waals surface area contributed by atoms with Crippen LogP contribution in [0.15, 0.2) is 42.5 Å². The van der Waals surface area contributed by atoms with Gasteiger partial charge in [-0.2, -0.15) is 0 Å². The van der Waals surface area contributed by atoms with Crippen molar-refractivity contribution in [1.82, 2.24) is 0 Å². The minimum atomic E-state index is -0.670. The summed E-state index contributed by atoms with van der Waals surface area (Å²) in [5, 5.41) is 10.2. The Labute approximate surface area is 112 Å². The standard InChI is InChI=1S/C16H17FO2/c1-11-3-8-16(19-2)13(9-11)10-15(18)12-4-6-14(17)7-5-12/h3-9,15,18H,10H2,1-2H3. The van der Waals surface area contributed by atoms with Gasteiger partial charge in [-0.1, -0.05) is 29.8 Å². The number of ether oxygens (including phenoxy) is 1. The number of aryl methyl sites for hydroxylation is 1. The van der Waals surface area contributed by atoms with E-state index in [0.29, 0.717) is 12.0 Å². The van der Waals surface area contributed by atoms with Crippen LogP contribution in [0.4, 0.5) is 4.39 Å². The molecule has 0 aliphatic heterocycles. The molecule has 0 saturated heterocycles. The summed E-state index contributed by atoms with van der Waals surface area (Å²) in [7, 11) is 1.61. The van der Waals surface area contributed by atoms with Crippen molar-refractivity contribution in [2.45, 2.75) is 19.4 Å². The topological polar surface area (TPSA) is 29.5 Å². The number of benzene rings is 2. The zero-order valence-electron chi connectivity index (χ0n) is 11.1. The van der Waals surface area contributed by atoms with Gasteiger partial charge in [0.1, 0.15) is 11.6 Å². The SMILES string of the molecule is COc1ccc(C)cc1CC(O)c1ccc(F)cc1. The van der Waals surface area contributed by atoms with Crippen LogP contribution >= 0.6 is 0 Å². The van der Waals surface area contributed by atoms with Crippen LogP contribution in [-0.4, -0.2) is 12.2 Å². The van der Waals surface area contributed by atoms with Gasteiger partial charge in [0.05, 0.1) is 13.2 Å². The fourth-order valence-electron chi connectivity index (χ4n) is 2.08. The second-order valence-electron chi connectivity index (χ2n) is 4.59. The number of hydrogen-bond donors (Lipinski definition) is 1. The minimum Gasteiger partial charge on any atom is -0.496 e. The smallest absolute Gasteiger partial charge is 0.123 e. The first-order valence-corrected chi connectivity index (χ1v) is 6.17. The van der Waals surface area contributed by atoms with Crippen LogP contribution in [0.5, 0.6) is 5.75 Å². The fraction of sp³-hybridized carbons (Fsp3) is 0.250. The highest BCUT2D eigenvalue weighted by atomic mass is 19.1.